The number of nitrogens with two attached hydrogens (primary N) is 1. The molecule has 5 nitrogen and oxygen atoms in total. The average Bonchev–Trinajstić information content (AvgIpc) is 2.27. The van der Waals surface area contributed by atoms with Crippen LogP contribution >= 0.6 is 11.8 Å². The van der Waals surface area contributed by atoms with E-state index in [2.05, 4.69) is 5.32 Å². The van der Waals surface area contributed by atoms with Crippen LogP contribution in [0.25, 0.3) is 0 Å². The number of hydrogen-bond acceptors (Lipinski definition) is 4. The third-order valence-electron chi connectivity index (χ3n) is 2.44. The van der Waals surface area contributed by atoms with Crippen LogP contribution in [0, 0.1) is 5.41 Å². The van der Waals surface area contributed by atoms with Crippen molar-refractivity contribution >= 4 is 22.9 Å². The first kappa shape index (κ1) is 16.2. The molecule has 0 saturated heterocycles. The fraction of sp³-hybridized carbons (Fsp3) is 0.818. The zero-order valence-corrected chi connectivity index (χ0v) is 11.3. The second-order valence-corrected chi connectivity index (χ2v) is 5.43. The zero-order chi connectivity index (χ0) is 13.3. The summed E-state index contributed by atoms with van der Waals surface area (Å²) in [4.78, 5) is 11.0. The molecule has 5 N–H and O–H groups in total. The van der Waals surface area contributed by atoms with Crippen LogP contribution in [-0.4, -0.2) is 34.1 Å². The summed E-state index contributed by atoms with van der Waals surface area (Å²) in [6, 6.07) is -0.675. The highest BCUT2D eigenvalue weighted by molar-refractivity contribution is 8.14. The smallest absolute Gasteiger partial charge is 0.326 e. The molecular formula is C11H23N3O2S. The normalized spacial score (nSPS) is 14.1. The van der Waals surface area contributed by atoms with Crippen LogP contribution < -0.4 is 11.1 Å². The standard InChI is InChI=1S/C11H23N3O2S/c1-3-8(2)17-11(13)14-9(10(15)16)6-4-5-7-12/h8-9H,3-7,12H2,1-2H3,(H2,13,14)(H,15,16)/t8?,9-/m1/s1. The largest absolute Gasteiger partial charge is 0.480 e. The van der Waals surface area contributed by atoms with E-state index in [1.54, 1.807) is 0 Å². The number of thioether (sulfide) groups is 1. The number of nitrogens with one attached hydrogen (secondary N) is 2. The number of rotatable bonds is 8. The number of amidine groups is 1. The van der Waals surface area contributed by atoms with Crippen molar-refractivity contribution in [3.63, 3.8) is 0 Å². The maximum Gasteiger partial charge on any atom is 0.326 e. The van der Waals surface area contributed by atoms with Crippen molar-refractivity contribution in [3.05, 3.63) is 0 Å². The lowest BCUT2D eigenvalue weighted by molar-refractivity contribution is -0.139. The van der Waals surface area contributed by atoms with E-state index in [-0.39, 0.29) is 5.17 Å². The predicted octanol–water partition coefficient (Wildman–Crippen LogP) is 1.62. The minimum atomic E-state index is -0.906. The third-order valence-corrected chi connectivity index (χ3v) is 3.53. The molecule has 0 fully saturated rings. The van der Waals surface area contributed by atoms with Crippen LogP contribution in [-0.2, 0) is 4.79 Å². The van der Waals surface area contributed by atoms with Gasteiger partial charge in [0.1, 0.15) is 6.04 Å². The Bertz CT molecular complexity index is 249. The van der Waals surface area contributed by atoms with E-state index >= 15 is 0 Å². The van der Waals surface area contributed by atoms with Gasteiger partial charge in [0.15, 0.2) is 5.17 Å². The van der Waals surface area contributed by atoms with Gasteiger partial charge in [0, 0.05) is 5.25 Å². The number of carbonyl (C=O) groups is 1. The summed E-state index contributed by atoms with van der Waals surface area (Å²) in [7, 11) is 0. The van der Waals surface area contributed by atoms with Crippen molar-refractivity contribution in [3.8, 4) is 0 Å². The monoisotopic (exact) mass is 261 g/mol. The number of unbranched alkanes of at least 4 members (excludes halogenated alkanes) is 1. The van der Waals surface area contributed by atoms with Gasteiger partial charge >= 0.3 is 5.97 Å². The van der Waals surface area contributed by atoms with Gasteiger partial charge in [0.2, 0.25) is 0 Å². The van der Waals surface area contributed by atoms with Crippen LogP contribution in [0.1, 0.15) is 39.5 Å². The molecule has 0 aromatic rings. The van der Waals surface area contributed by atoms with Crippen molar-refractivity contribution in [2.75, 3.05) is 6.54 Å². The third kappa shape index (κ3) is 8.04. The maximum atomic E-state index is 11.0. The first-order chi connectivity index (χ1) is 8.01. The zero-order valence-electron chi connectivity index (χ0n) is 10.5. The van der Waals surface area contributed by atoms with Crippen LogP contribution in [0.2, 0.25) is 0 Å². The van der Waals surface area contributed by atoms with E-state index in [0.29, 0.717) is 18.2 Å². The molecule has 0 aromatic heterocycles. The highest BCUT2D eigenvalue weighted by atomic mass is 32.2. The number of carboxylic acids is 1. The Kier molecular flexibility index (Phi) is 8.89. The van der Waals surface area contributed by atoms with E-state index in [1.807, 2.05) is 13.8 Å². The van der Waals surface area contributed by atoms with Crippen LogP contribution in [0.4, 0.5) is 0 Å². The molecule has 0 aliphatic heterocycles. The van der Waals surface area contributed by atoms with Crippen molar-refractivity contribution in [2.45, 2.75) is 50.8 Å². The lowest BCUT2D eigenvalue weighted by Crippen LogP contribution is -2.39. The number of hydrogen-bond donors (Lipinski definition) is 4. The van der Waals surface area contributed by atoms with E-state index in [9.17, 15) is 4.79 Å². The Labute approximate surface area is 107 Å². The lowest BCUT2D eigenvalue weighted by Gasteiger charge is -2.17. The van der Waals surface area contributed by atoms with Gasteiger partial charge in [-0.05, 0) is 32.2 Å². The quantitative estimate of drug-likeness (QED) is 0.302. The first-order valence-electron chi connectivity index (χ1n) is 5.95. The number of carboxylic acid groups (broad SMARTS) is 1. The summed E-state index contributed by atoms with van der Waals surface area (Å²) in [5.74, 6) is -0.906. The molecule has 0 spiro atoms. The van der Waals surface area contributed by atoms with Crippen molar-refractivity contribution in [1.29, 1.82) is 5.41 Å². The molecule has 6 heteroatoms. The van der Waals surface area contributed by atoms with Gasteiger partial charge in [-0.1, -0.05) is 25.6 Å². The molecule has 0 aliphatic rings. The first-order valence-corrected chi connectivity index (χ1v) is 6.83. The summed E-state index contributed by atoms with van der Waals surface area (Å²) in [5.41, 5.74) is 5.36. The van der Waals surface area contributed by atoms with E-state index in [1.165, 1.54) is 11.8 Å². The fourth-order valence-electron chi connectivity index (χ4n) is 1.23. The molecule has 0 aromatic carbocycles. The Balaban J connectivity index is 4.06. The van der Waals surface area contributed by atoms with E-state index in [4.69, 9.17) is 16.2 Å². The molecule has 2 atom stereocenters. The fourth-order valence-corrected chi connectivity index (χ4v) is 2.01. The second kappa shape index (κ2) is 9.30. The van der Waals surface area contributed by atoms with Gasteiger partial charge in [-0.25, -0.2) is 4.79 Å². The second-order valence-electron chi connectivity index (χ2n) is 3.99. The Morgan fingerprint density at radius 1 is 1.53 bits per heavy atom. The highest BCUT2D eigenvalue weighted by Gasteiger charge is 2.18. The summed E-state index contributed by atoms with van der Waals surface area (Å²) >= 11 is 1.37. The molecule has 0 bridgehead atoms. The molecule has 0 rings (SSSR count). The molecule has 1 unspecified atom stereocenters. The number of aliphatic carboxylic acids is 1. The van der Waals surface area contributed by atoms with Gasteiger partial charge in [-0.3, -0.25) is 5.41 Å². The van der Waals surface area contributed by atoms with Crippen LogP contribution in [0.5, 0.6) is 0 Å². The predicted molar refractivity (Wildman–Crippen MR) is 72.5 cm³/mol. The van der Waals surface area contributed by atoms with Crippen molar-refractivity contribution < 1.29 is 9.90 Å². The van der Waals surface area contributed by atoms with Crippen molar-refractivity contribution in [1.82, 2.24) is 5.32 Å². The maximum absolute atomic E-state index is 11.0. The summed E-state index contributed by atoms with van der Waals surface area (Å²) < 4.78 is 0. The molecule has 0 aliphatic carbocycles. The van der Waals surface area contributed by atoms with Crippen LogP contribution in [0.3, 0.4) is 0 Å². The van der Waals surface area contributed by atoms with Gasteiger partial charge in [0.25, 0.3) is 0 Å². The highest BCUT2D eigenvalue weighted by Crippen LogP contribution is 2.14. The molecule has 0 saturated carbocycles. The average molecular weight is 261 g/mol. The van der Waals surface area contributed by atoms with E-state index in [0.717, 1.165) is 19.3 Å². The van der Waals surface area contributed by atoms with Crippen molar-refractivity contribution in [2.24, 2.45) is 5.73 Å². The minimum Gasteiger partial charge on any atom is -0.480 e. The molecule has 0 heterocycles. The van der Waals surface area contributed by atoms with E-state index < -0.39 is 12.0 Å². The lowest BCUT2D eigenvalue weighted by atomic mass is 10.1. The molecule has 0 amide bonds. The van der Waals surface area contributed by atoms with Gasteiger partial charge in [0.05, 0.1) is 0 Å². The van der Waals surface area contributed by atoms with Crippen LogP contribution in [0.15, 0.2) is 0 Å². The summed E-state index contributed by atoms with van der Waals surface area (Å²) in [5, 5.41) is 20.0. The molecule has 17 heavy (non-hydrogen) atoms. The topological polar surface area (TPSA) is 99.2 Å². The minimum absolute atomic E-state index is 0.236. The SMILES string of the molecule is CCC(C)SC(=N)N[C@H](CCCCN)C(=O)O. The van der Waals surface area contributed by atoms with Gasteiger partial charge in [-0.2, -0.15) is 0 Å². The Morgan fingerprint density at radius 3 is 2.65 bits per heavy atom. The Hall–Kier alpha value is -0.750. The molecular weight excluding hydrogens is 238 g/mol. The van der Waals surface area contributed by atoms with Gasteiger partial charge < -0.3 is 16.2 Å². The van der Waals surface area contributed by atoms with Gasteiger partial charge in [-0.15, -0.1) is 0 Å². The summed E-state index contributed by atoms with van der Waals surface area (Å²) in [6.07, 6.45) is 3.05. The molecule has 0 radical (unpaired) electrons. The Morgan fingerprint density at radius 2 is 2.18 bits per heavy atom. The summed E-state index contributed by atoms with van der Waals surface area (Å²) in [6.45, 7) is 4.64. The molecule has 100 valence electrons.